The van der Waals surface area contributed by atoms with E-state index in [1.807, 2.05) is 0 Å². The van der Waals surface area contributed by atoms with Crippen molar-refractivity contribution in [3.63, 3.8) is 0 Å². The molecule has 0 spiro atoms. The summed E-state index contributed by atoms with van der Waals surface area (Å²) in [6, 6.07) is 0.987. The lowest BCUT2D eigenvalue weighted by molar-refractivity contribution is 0.0661. The molecule has 0 aliphatic carbocycles. The highest BCUT2D eigenvalue weighted by Crippen LogP contribution is 2.26. The normalized spacial score (nSPS) is 11.6. The molecule has 0 saturated carbocycles. The summed E-state index contributed by atoms with van der Waals surface area (Å²) in [5.41, 5.74) is 1.55. The number of nitrogens with zero attached hydrogens (tertiary/aromatic N) is 2. The van der Waals surface area contributed by atoms with E-state index < -0.39 is 21.8 Å². The Kier molecular flexibility index (Phi) is 3.54. The third-order valence-electron chi connectivity index (χ3n) is 3.12. The maximum absolute atomic E-state index is 12.4. The molecule has 0 aliphatic rings. The Bertz CT molecular complexity index is 816. The van der Waals surface area contributed by atoms with E-state index in [0.29, 0.717) is 17.1 Å². The average Bonchev–Trinajstić information content (AvgIpc) is 2.86. The van der Waals surface area contributed by atoms with E-state index in [4.69, 9.17) is 9.52 Å². The van der Waals surface area contributed by atoms with E-state index in [2.05, 4.69) is 9.82 Å². The Morgan fingerprint density at radius 1 is 1.38 bits per heavy atom. The van der Waals surface area contributed by atoms with Gasteiger partial charge in [-0.15, -0.1) is 0 Å². The van der Waals surface area contributed by atoms with Crippen LogP contribution in [0, 0.1) is 20.8 Å². The van der Waals surface area contributed by atoms with Crippen LogP contribution in [-0.4, -0.2) is 29.3 Å². The van der Waals surface area contributed by atoms with Crippen molar-refractivity contribution in [2.45, 2.75) is 25.7 Å². The van der Waals surface area contributed by atoms with Gasteiger partial charge in [-0.1, -0.05) is 0 Å². The van der Waals surface area contributed by atoms with Crippen molar-refractivity contribution in [3.8, 4) is 0 Å². The number of anilines is 1. The molecular formula is C12H15N3O5S. The van der Waals surface area contributed by atoms with E-state index in [1.165, 1.54) is 6.92 Å². The zero-order valence-corrected chi connectivity index (χ0v) is 12.8. The van der Waals surface area contributed by atoms with Gasteiger partial charge >= 0.3 is 5.97 Å². The molecule has 0 radical (unpaired) electrons. The summed E-state index contributed by atoms with van der Waals surface area (Å²) in [4.78, 5) is 10.6. The largest absolute Gasteiger partial charge is 0.475 e. The number of carbonyl (C=O) groups is 1. The number of rotatable bonds is 4. The lowest BCUT2D eigenvalue weighted by atomic mass is 10.3. The molecule has 0 amide bonds. The summed E-state index contributed by atoms with van der Waals surface area (Å²) in [5, 5.41) is 13.0. The Hall–Kier alpha value is -2.29. The highest BCUT2D eigenvalue weighted by molar-refractivity contribution is 7.92. The van der Waals surface area contributed by atoms with Gasteiger partial charge in [0.25, 0.3) is 10.0 Å². The van der Waals surface area contributed by atoms with Gasteiger partial charge in [-0.2, -0.15) is 5.10 Å². The summed E-state index contributed by atoms with van der Waals surface area (Å²) < 4.78 is 33.6. The Morgan fingerprint density at radius 2 is 2.00 bits per heavy atom. The first-order valence-electron chi connectivity index (χ1n) is 6.00. The van der Waals surface area contributed by atoms with E-state index in [0.717, 1.165) is 6.07 Å². The number of aromatic carboxylic acids is 1. The fourth-order valence-electron chi connectivity index (χ4n) is 1.95. The average molecular weight is 313 g/mol. The molecule has 0 saturated heterocycles. The lowest BCUT2D eigenvalue weighted by Gasteiger charge is -2.07. The van der Waals surface area contributed by atoms with E-state index in [9.17, 15) is 13.2 Å². The third-order valence-corrected chi connectivity index (χ3v) is 4.58. The van der Waals surface area contributed by atoms with Crippen LogP contribution in [-0.2, 0) is 17.1 Å². The minimum atomic E-state index is -3.95. The number of sulfonamides is 1. The van der Waals surface area contributed by atoms with Gasteiger partial charge in [0, 0.05) is 13.1 Å². The monoisotopic (exact) mass is 313 g/mol. The van der Waals surface area contributed by atoms with Crippen molar-refractivity contribution < 1.29 is 22.7 Å². The van der Waals surface area contributed by atoms with Crippen LogP contribution in [0.25, 0.3) is 0 Å². The summed E-state index contributed by atoms with van der Waals surface area (Å²) in [5.74, 6) is -1.74. The molecule has 2 N–H and O–H groups in total. The number of hydrogen-bond acceptors (Lipinski definition) is 5. The summed E-state index contributed by atoms with van der Waals surface area (Å²) >= 11 is 0. The second-order valence-electron chi connectivity index (χ2n) is 4.61. The fourth-order valence-corrected chi connectivity index (χ4v) is 3.30. The Labute approximate surface area is 121 Å². The first kappa shape index (κ1) is 15.1. The first-order chi connectivity index (χ1) is 9.63. The number of hydrogen-bond donors (Lipinski definition) is 2. The zero-order chi connectivity index (χ0) is 15.9. The standard InChI is InChI=1S/C12H15N3O5S/c1-6-11(7(2)15(4)13-6)14-21(18,19)10-5-9(12(16)17)20-8(10)3/h5,14H,1-4H3,(H,16,17). The van der Waals surface area contributed by atoms with Crippen molar-refractivity contribution in [2.75, 3.05) is 4.72 Å². The molecule has 2 aromatic rings. The number of furan rings is 1. The van der Waals surface area contributed by atoms with E-state index in [-0.39, 0.29) is 10.7 Å². The summed E-state index contributed by atoms with van der Waals surface area (Å²) in [6.07, 6.45) is 0. The second kappa shape index (κ2) is 4.92. The molecule has 0 aliphatic heterocycles. The van der Waals surface area contributed by atoms with Gasteiger partial charge in [-0.05, 0) is 20.8 Å². The topological polar surface area (TPSA) is 114 Å². The molecule has 0 unspecified atom stereocenters. The van der Waals surface area contributed by atoms with Crippen molar-refractivity contribution in [1.29, 1.82) is 0 Å². The van der Waals surface area contributed by atoms with Crippen LogP contribution in [0.4, 0.5) is 5.69 Å². The van der Waals surface area contributed by atoms with Gasteiger partial charge in [0.1, 0.15) is 10.7 Å². The molecule has 0 bridgehead atoms. The molecule has 2 heterocycles. The quantitative estimate of drug-likeness (QED) is 0.882. The molecule has 2 aromatic heterocycles. The van der Waals surface area contributed by atoms with Crippen molar-refractivity contribution >= 4 is 21.7 Å². The number of aromatic nitrogens is 2. The summed E-state index contributed by atoms with van der Waals surface area (Å²) in [7, 11) is -2.25. The van der Waals surface area contributed by atoms with Crippen LogP contribution in [0.2, 0.25) is 0 Å². The predicted molar refractivity (Wildman–Crippen MR) is 73.9 cm³/mol. The van der Waals surface area contributed by atoms with Crippen molar-refractivity contribution in [2.24, 2.45) is 7.05 Å². The van der Waals surface area contributed by atoms with Crippen LogP contribution in [0.15, 0.2) is 15.4 Å². The van der Waals surface area contributed by atoms with Gasteiger partial charge in [-0.3, -0.25) is 9.40 Å². The molecule has 21 heavy (non-hydrogen) atoms. The highest BCUT2D eigenvalue weighted by atomic mass is 32.2. The zero-order valence-electron chi connectivity index (χ0n) is 12.0. The van der Waals surface area contributed by atoms with E-state index in [1.54, 1.807) is 25.6 Å². The first-order valence-corrected chi connectivity index (χ1v) is 7.48. The molecule has 0 fully saturated rings. The van der Waals surface area contributed by atoms with Gasteiger partial charge < -0.3 is 9.52 Å². The van der Waals surface area contributed by atoms with Crippen molar-refractivity contribution in [1.82, 2.24) is 9.78 Å². The van der Waals surface area contributed by atoms with Gasteiger partial charge in [0.05, 0.1) is 17.1 Å². The molecule has 0 atom stereocenters. The smallest absolute Gasteiger partial charge is 0.371 e. The van der Waals surface area contributed by atoms with Crippen LogP contribution < -0.4 is 4.72 Å². The van der Waals surface area contributed by atoms with Gasteiger partial charge in [-0.25, -0.2) is 13.2 Å². The van der Waals surface area contributed by atoms with E-state index >= 15 is 0 Å². The maximum Gasteiger partial charge on any atom is 0.371 e. The minimum absolute atomic E-state index is 0.0131. The Morgan fingerprint density at radius 3 is 2.43 bits per heavy atom. The highest BCUT2D eigenvalue weighted by Gasteiger charge is 2.25. The molecule has 9 heteroatoms. The molecular weight excluding hydrogens is 298 g/mol. The van der Waals surface area contributed by atoms with Crippen molar-refractivity contribution in [3.05, 3.63) is 29.0 Å². The van der Waals surface area contributed by atoms with Crippen LogP contribution >= 0.6 is 0 Å². The lowest BCUT2D eigenvalue weighted by Crippen LogP contribution is -2.14. The summed E-state index contributed by atoms with van der Waals surface area (Å²) in [6.45, 7) is 4.79. The maximum atomic E-state index is 12.4. The molecule has 8 nitrogen and oxygen atoms in total. The second-order valence-corrected chi connectivity index (χ2v) is 6.26. The Balaban J connectivity index is 2.46. The number of carboxylic acid groups (broad SMARTS) is 1. The number of carboxylic acids is 1. The van der Waals surface area contributed by atoms with Crippen LogP contribution in [0.3, 0.4) is 0 Å². The molecule has 114 valence electrons. The molecule has 2 rings (SSSR count). The fraction of sp³-hybridized carbons (Fsp3) is 0.333. The SMILES string of the molecule is Cc1nn(C)c(C)c1NS(=O)(=O)c1cc(C(=O)O)oc1C. The van der Waals surface area contributed by atoms with Crippen LogP contribution in [0.5, 0.6) is 0 Å². The minimum Gasteiger partial charge on any atom is -0.475 e. The van der Waals surface area contributed by atoms with Crippen LogP contribution in [0.1, 0.15) is 27.7 Å². The molecule has 0 aromatic carbocycles. The predicted octanol–water partition coefficient (Wildman–Crippen LogP) is 1.44. The van der Waals surface area contributed by atoms with Gasteiger partial charge in [0.2, 0.25) is 5.76 Å². The number of nitrogens with one attached hydrogen (secondary N) is 1. The van der Waals surface area contributed by atoms with Gasteiger partial charge in [0.15, 0.2) is 0 Å². The number of aryl methyl sites for hydroxylation is 3. The third kappa shape index (κ3) is 2.64.